The Morgan fingerprint density at radius 1 is 1.11 bits per heavy atom. The van der Waals surface area contributed by atoms with Gasteiger partial charge in [0.1, 0.15) is 23.5 Å². The summed E-state index contributed by atoms with van der Waals surface area (Å²) < 4.78 is 38.6. The molecule has 3 aromatic rings. The molecule has 0 saturated heterocycles. The summed E-state index contributed by atoms with van der Waals surface area (Å²) in [5, 5.41) is 26.1. The van der Waals surface area contributed by atoms with Gasteiger partial charge in [-0.05, 0) is 24.1 Å². The van der Waals surface area contributed by atoms with Crippen LogP contribution in [0.25, 0.3) is 22.4 Å². The number of nitrogens with two attached hydrogens (primary N) is 1. The number of hydrogen-bond donors (Lipinski definition) is 2. The molecule has 0 atom stereocenters. The van der Waals surface area contributed by atoms with Gasteiger partial charge in [0, 0.05) is 17.3 Å². The van der Waals surface area contributed by atoms with Gasteiger partial charge >= 0.3 is 6.18 Å². The van der Waals surface area contributed by atoms with Gasteiger partial charge in [0.25, 0.3) is 0 Å². The van der Waals surface area contributed by atoms with E-state index in [4.69, 9.17) is 5.73 Å². The molecule has 0 amide bonds. The minimum atomic E-state index is -4.50. The third-order valence-electron chi connectivity index (χ3n) is 4.26. The van der Waals surface area contributed by atoms with Gasteiger partial charge < -0.3 is 5.73 Å². The number of aromatic nitrogens is 3. The molecule has 3 N–H and O–H groups in total. The molecule has 0 aliphatic carbocycles. The molecular formula is C19H13F3N6. The molecule has 9 heteroatoms. The standard InChI is InChI=1S/C19H13F3N6/c1-2-15-14(9-26-28-15)17-12(7-23)16(13(8-24)18(25)27-17)10-3-5-11(6-4-10)19(20,21)22/h3-6,9H,2H2,1H3,(H2,25,27)(H,26,28). The quantitative estimate of drug-likeness (QED) is 0.709. The number of hydrogen-bond acceptors (Lipinski definition) is 5. The first kappa shape index (κ1) is 18.9. The molecule has 0 spiro atoms. The smallest absolute Gasteiger partial charge is 0.383 e. The maximum Gasteiger partial charge on any atom is 0.416 e. The second-order valence-electron chi connectivity index (χ2n) is 5.87. The molecule has 0 aliphatic rings. The van der Waals surface area contributed by atoms with Crippen LogP contribution in [0.1, 0.15) is 29.3 Å². The lowest BCUT2D eigenvalue weighted by Gasteiger charge is -2.14. The maximum atomic E-state index is 12.9. The summed E-state index contributed by atoms with van der Waals surface area (Å²) >= 11 is 0. The Kier molecular flexibility index (Phi) is 4.76. The second kappa shape index (κ2) is 7.05. The van der Waals surface area contributed by atoms with E-state index in [2.05, 4.69) is 15.2 Å². The van der Waals surface area contributed by atoms with E-state index in [1.54, 1.807) is 6.20 Å². The van der Waals surface area contributed by atoms with Crippen molar-refractivity contribution in [3.05, 3.63) is 52.8 Å². The summed E-state index contributed by atoms with van der Waals surface area (Å²) in [4.78, 5) is 4.20. The van der Waals surface area contributed by atoms with Crippen LogP contribution in [-0.2, 0) is 12.6 Å². The Hall–Kier alpha value is -3.85. The van der Waals surface area contributed by atoms with E-state index in [0.29, 0.717) is 17.7 Å². The van der Waals surface area contributed by atoms with Crippen LogP contribution in [0.3, 0.4) is 0 Å². The minimum Gasteiger partial charge on any atom is -0.383 e. The number of pyridine rings is 1. The molecule has 1 aromatic carbocycles. The van der Waals surface area contributed by atoms with E-state index in [1.807, 2.05) is 19.1 Å². The summed E-state index contributed by atoms with van der Waals surface area (Å²) in [6.45, 7) is 1.87. The van der Waals surface area contributed by atoms with Gasteiger partial charge in [-0.1, -0.05) is 19.1 Å². The van der Waals surface area contributed by atoms with Gasteiger partial charge in [0.2, 0.25) is 0 Å². The van der Waals surface area contributed by atoms with Crippen LogP contribution in [0.2, 0.25) is 0 Å². The van der Waals surface area contributed by atoms with Crippen molar-refractivity contribution in [1.29, 1.82) is 10.5 Å². The first-order valence-electron chi connectivity index (χ1n) is 8.16. The zero-order valence-electron chi connectivity index (χ0n) is 14.6. The summed E-state index contributed by atoms with van der Waals surface area (Å²) in [6, 6.07) is 8.11. The first-order chi connectivity index (χ1) is 13.3. The highest BCUT2D eigenvalue weighted by Gasteiger charge is 2.30. The van der Waals surface area contributed by atoms with Crippen molar-refractivity contribution in [3.63, 3.8) is 0 Å². The van der Waals surface area contributed by atoms with Gasteiger partial charge in [-0.2, -0.15) is 28.8 Å². The highest BCUT2D eigenvalue weighted by atomic mass is 19.4. The Labute approximate surface area is 158 Å². The van der Waals surface area contributed by atoms with E-state index in [9.17, 15) is 23.7 Å². The third-order valence-corrected chi connectivity index (χ3v) is 4.26. The predicted octanol–water partition coefficient (Wildman–Crippen LogP) is 4.05. The van der Waals surface area contributed by atoms with Gasteiger partial charge in [-0.15, -0.1) is 0 Å². The Morgan fingerprint density at radius 2 is 1.75 bits per heavy atom. The lowest BCUT2D eigenvalue weighted by atomic mass is 9.92. The van der Waals surface area contributed by atoms with Crippen LogP contribution in [0.5, 0.6) is 0 Å². The molecular weight excluding hydrogens is 369 g/mol. The van der Waals surface area contributed by atoms with Crippen molar-refractivity contribution >= 4 is 5.82 Å². The fourth-order valence-electron chi connectivity index (χ4n) is 2.93. The van der Waals surface area contributed by atoms with Crippen molar-refractivity contribution < 1.29 is 13.2 Å². The summed E-state index contributed by atoms with van der Waals surface area (Å²) in [5.41, 5.74) is 6.89. The van der Waals surface area contributed by atoms with Crippen molar-refractivity contribution in [2.45, 2.75) is 19.5 Å². The minimum absolute atomic E-state index is 0.0432. The fraction of sp³-hybridized carbons (Fsp3) is 0.158. The Morgan fingerprint density at radius 3 is 2.29 bits per heavy atom. The largest absolute Gasteiger partial charge is 0.416 e. The first-order valence-corrected chi connectivity index (χ1v) is 8.16. The monoisotopic (exact) mass is 382 g/mol. The van der Waals surface area contributed by atoms with Crippen LogP contribution < -0.4 is 5.73 Å². The molecule has 0 bridgehead atoms. The molecule has 3 rings (SSSR count). The summed E-state index contributed by atoms with van der Waals surface area (Å²) in [7, 11) is 0. The topological polar surface area (TPSA) is 115 Å². The number of benzene rings is 1. The van der Waals surface area contributed by atoms with Crippen LogP contribution >= 0.6 is 0 Å². The molecule has 2 heterocycles. The number of anilines is 1. The molecule has 6 nitrogen and oxygen atoms in total. The van der Waals surface area contributed by atoms with Crippen LogP contribution in [0.15, 0.2) is 30.5 Å². The van der Waals surface area contributed by atoms with E-state index in [-0.39, 0.29) is 33.8 Å². The molecule has 2 aromatic heterocycles. The molecule has 0 radical (unpaired) electrons. The number of nitriles is 2. The number of halogens is 3. The average molecular weight is 382 g/mol. The lowest BCUT2D eigenvalue weighted by Crippen LogP contribution is -2.06. The number of H-pyrrole nitrogens is 1. The number of nitrogens with zero attached hydrogens (tertiary/aromatic N) is 4. The third kappa shape index (κ3) is 3.14. The maximum absolute atomic E-state index is 12.9. The van der Waals surface area contributed by atoms with Gasteiger partial charge in [-0.3, -0.25) is 5.10 Å². The summed E-state index contributed by atoms with van der Waals surface area (Å²) in [6.07, 6.45) is -2.38. The average Bonchev–Trinajstić information content (AvgIpc) is 3.15. The Bertz CT molecular complexity index is 1110. The van der Waals surface area contributed by atoms with E-state index in [0.717, 1.165) is 12.1 Å². The van der Waals surface area contributed by atoms with Gasteiger partial charge in [-0.25, -0.2) is 4.98 Å². The van der Waals surface area contributed by atoms with Crippen LogP contribution in [-0.4, -0.2) is 15.2 Å². The second-order valence-corrected chi connectivity index (χ2v) is 5.87. The predicted molar refractivity (Wildman–Crippen MR) is 95.5 cm³/mol. The van der Waals surface area contributed by atoms with Crippen LogP contribution in [0, 0.1) is 22.7 Å². The number of nitrogen functional groups attached to an aromatic ring is 1. The molecule has 0 fully saturated rings. The van der Waals surface area contributed by atoms with Gasteiger partial charge in [0.05, 0.1) is 22.5 Å². The normalized spacial score (nSPS) is 11.1. The zero-order chi connectivity index (χ0) is 20.5. The van der Waals surface area contributed by atoms with Crippen molar-refractivity contribution in [2.75, 3.05) is 5.73 Å². The van der Waals surface area contributed by atoms with E-state index in [1.165, 1.54) is 12.1 Å². The number of aromatic amines is 1. The van der Waals surface area contributed by atoms with Crippen molar-refractivity contribution in [3.8, 4) is 34.5 Å². The highest BCUT2D eigenvalue weighted by molar-refractivity contribution is 5.87. The number of nitrogens with one attached hydrogen (secondary N) is 1. The fourth-order valence-corrected chi connectivity index (χ4v) is 2.93. The summed E-state index contributed by atoms with van der Waals surface area (Å²) in [5.74, 6) is -0.116. The SMILES string of the molecule is CCc1n[nH]cc1-c1nc(N)c(C#N)c(-c2ccc(C(F)(F)F)cc2)c1C#N. The highest BCUT2D eigenvalue weighted by Crippen LogP contribution is 2.38. The van der Waals surface area contributed by atoms with E-state index < -0.39 is 11.7 Å². The van der Waals surface area contributed by atoms with Crippen molar-refractivity contribution in [1.82, 2.24) is 15.2 Å². The number of alkyl halides is 3. The van der Waals surface area contributed by atoms with Gasteiger partial charge in [0.15, 0.2) is 0 Å². The molecule has 0 aliphatic heterocycles. The Balaban J connectivity index is 2.32. The molecule has 0 unspecified atom stereocenters. The number of rotatable bonds is 3. The molecule has 28 heavy (non-hydrogen) atoms. The van der Waals surface area contributed by atoms with Crippen LogP contribution in [0.4, 0.5) is 19.0 Å². The molecule has 0 saturated carbocycles. The number of aryl methyl sites for hydroxylation is 1. The lowest BCUT2D eigenvalue weighted by molar-refractivity contribution is -0.137. The zero-order valence-corrected chi connectivity index (χ0v) is 14.6. The molecule has 140 valence electrons. The van der Waals surface area contributed by atoms with E-state index >= 15 is 0 Å². The van der Waals surface area contributed by atoms with Crippen molar-refractivity contribution in [2.24, 2.45) is 0 Å².